The van der Waals surface area contributed by atoms with Crippen LogP contribution in [0.1, 0.15) is 56.1 Å². The van der Waals surface area contributed by atoms with Gasteiger partial charge in [0.15, 0.2) is 0 Å². The van der Waals surface area contributed by atoms with Crippen molar-refractivity contribution >= 4 is 5.91 Å². The fraction of sp³-hybridized carbons (Fsp3) is 0.409. The van der Waals surface area contributed by atoms with Crippen LogP contribution in [0.5, 0.6) is 0 Å². The maximum Gasteiger partial charge on any atom is 0.219 e. The quantitative estimate of drug-likeness (QED) is 0.833. The van der Waals surface area contributed by atoms with E-state index >= 15 is 0 Å². The van der Waals surface area contributed by atoms with Crippen molar-refractivity contribution < 1.29 is 4.79 Å². The van der Waals surface area contributed by atoms with Gasteiger partial charge < -0.3 is 5.32 Å². The fourth-order valence-corrected chi connectivity index (χ4v) is 4.05. The van der Waals surface area contributed by atoms with Gasteiger partial charge in [-0.05, 0) is 36.3 Å². The summed E-state index contributed by atoms with van der Waals surface area (Å²) in [4.78, 5) is 11.8. The minimum atomic E-state index is 0.177. The highest BCUT2D eigenvalue weighted by atomic mass is 16.1. The first-order valence-electron chi connectivity index (χ1n) is 9.17. The third-order valence-electron chi connectivity index (χ3n) is 5.19. The Hall–Kier alpha value is -2.09. The first-order chi connectivity index (χ1) is 11.8. The van der Waals surface area contributed by atoms with Crippen LogP contribution in [0.4, 0.5) is 0 Å². The number of carbonyl (C=O) groups is 1. The van der Waals surface area contributed by atoms with Crippen LogP contribution in [-0.2, 0) is 4.79 Å². The lowest BCUT2D eigenvalue weighted by Crippen LogP contribution is -2.39. The Kier molecular flexibility index (Phi) is 5.68. The van der Waals surface area contributed by atoms with Crippen molar-refractivity contribution in [3.8, 4) is 0 Å². The van der Waals surface area contributed by atoms with Gasteiger partial charge in [-0.15, -0.1) is 0 Å². The van der Waals surface area contributed by atoms with Crippen LogP contribution in [0.2, 0.25) is 0 Å². The summed E-state index contributed by atoms with van der Waals surface area (Å²) in [7, 11) is 0. The Balaban J connectivity index is 1.84. The van der Waals surface area contributed by atoms with Gasteiger partial charge in [0.2, 0.25) is 5.91 Å². The van der Waals surface area contributed by atoms with E-state index in [1.165, 1.54) is 24.0 Å². The number of hydrogen-bond donors (Lipinski definition) is 1. The lowest BCUT2D eigenvalue weighted by Gasteiger charge is -2.35. The molecule has 0 bridgehead atoms. The highest BCUT2D eigenvalue weighted by molar-refractivity contribution is 5.75. The van der Waals surface area contributed by atoms with Crippen molar-refractivity contribution in [1.29, 1.82) is 0 Å². The van der Waals surface area contributed by atoms with Gasteiger partial charge in [-0.3, -0.25) is 4.79 Å². The van der Waals surface area contributed by atoms with Crippen LogP contribution < -0.4 is 5.32 Å². The van der Waals surface area contributed by atoms with Crippen molar-refractivity contribution in [3.05, 3.63) is 71.8 Å². The molecule has 1 saturated carbocycles. The van der Waals surface area contributed by atoms with E-state index in [0.717, 1.165) is 12.8 Å². The molecule has 3 rings (SSSR count). The Morgan fingerprint density at radius 3 is 2.12 bits per heavy atom. The summed E-state index contributed by atoms with van der Waals surface area (Å²) in [5.41, 5.74) is 2.77. The molecule has 0 saturated heterocycles. The summed E-state index contributed by atoms with van der Waals surface area (Å²) >= 11 is 0. The third kappa shape index (κ3) is 4.05. The topological polar surface area (TPSA) is 29.1 Å². The van der Waals surface area contributed by atoms with Crippen LogP contribution in [-0.4, -0.2) is 11.9 Å². The van der Waals surface area contributed by atoms with Gasteiger partial charge in [-0.2, -0.15) is 0 Å². The van der Waals surface area contributed by atoms with Gasteiger partial charge in [0.25, 0.3) is 0 Å². The Morgan fingerprint density at radius 2 is 1.58 bits per heavy atom. The van der Waals surface area contributed by atoms with E-state index < -0.39 is 0 Å². The smallest absolute Gasteiger partial charge is 0.219 e. The van der Waals surface area contributed by atoms with Gasteiger partial charge in [-0.25, -0.2) is 0 Å². The number of benzene rings is 2. The molecule has 0 unspecified atom stereocenters. The summed E-state index contributed by atoms with van der Waals surface area (Å²) in [6.07, 6.45) is 5.17. The largest absolute Gasteiger partial charge is 0.353 e. The van der Waals surface area contributed by atoms with Crippen molar-refractivity contribution in [2.45, 2.75) is 51.0 Å². The zero-order valence-electron chi connectivity index (χ0n) is 14.4. The summed E-state index contributed by atoms with van der Waals surface area (Å²) in [5.74, 6) is 1.16. The van der Waals surface area contributed by atoms with Crippen LogP contribution >= 0.6 is 0 Å². The molecule has 2 atom stereocenters. The molecule has 2 aromatic rings. The van der Waals surface area contributed by atoms with Crippen LogP contribution in [0.3, 0.4) is 0 Å². The van der Waals surface area contributed by atoms with E-state index in [1.807, 2.05) is 6.92 Å². The highest BCUT2D eigenvalue weighted by Crippen LogP contribution is 2.40. The van der Waals surface area contributed by atoms with E-state index in [2.05, 4.69) is 66.0 Å². The molecule has 1 aliphatic rings. The zero-order valence-corrected chi connectivity index (χ0v) is 14.4. The SMILES string of the molecule is CCC(=O)N[C@@H]1CCC[C@H](C(c2ccccc2)c2ccccc2)C1. The van der Waals surface area contributed by atoms with Crippen LogP contribution in [0, 0.1) is 5.92 Å². The lowest BCUT2D eigenvalue weighted by atomic mass is 9.72. The van der Waals surface area contributed by atoms with Gasteiger partial charge in [0.1, 0.15) is 0 Å². The standard InChI is InChI=1S/C22H27NO/c1-2-21(24)23-20-15-9-14-19(16-20)22(17-10-5-3-6-11-17)18-12-7-4-8-13-18/h3-8,10-13,19-20,22H,2,9,14-16H2,1H3,(H,23,24)/t19-,20+/m0/s1. The Morgan fingerprint density at radius 1 is 1.00 bits per heavy atom. The van der Waals surface area contributed by atoms with Gasteiger partial charge >= 0.3 is 0 Å². The average Bonchev–Trinajstić information content (AvgIpc) is 2.64. The fourth-order valence-electron chi connectivity index (χ4n) is 4.05. The third-order valence-corrected chi connectivity index (χ3v) is 5.19. The molecule has 1 fully saturated rings. The molecule has 1 amide bonds. The van der Waals surface area contributed by atoms with Crippen molar-refractivity contribution in [1.82, 2.24) is 5.32 Å². The maximum absolute atomic E-state index is 11.8. The van der Waals surface area contributed by atoms with Gasteiger partial charge in [0, 0.05) is 18.4 Å². The van der Waals surface area contributed by atoms with Gasteiger partial charge in [-0.1, -0.05) is 74.0 Å². The molecular formula is C22H27NO. The van der Waals surface area contributed by atoms with E-state index in [9.17, 15) is 4.79 Å². The first-order valence-corrected chi connectivity index (χ1v) is 9.17. The normalized spacial score (nSPS) is 20.8. The number of hydrogen-bond acceptors (Lipinski definition) is 1. The summed E-state index contributed by atoms with van der Waals surface area (Å²) in [5, 5.41) is 3.22. The summed E-state index contributed by atoms with van der Waals surface area (Å²) < 4.78 is 0. The second-order valence-electron chi connectivity index (χ2n) is 6.84. The second kappa shape index (κ2) is 8.14. The number of carbonyl (C=O) groups excluding carboxylic acids is 1. The number of nitrogens with one attached hydrogen (secondary N) is 1. The van der Waals surface area contributed by atoms with Crippen molar-refractivity contribution in [2.75, 3.05) is 0 Å². The highest BCUT2D eigenvalue weighted by Gasteiger charge is 2.30. The second-order valence-corrected chi connectivity index (χ2v) is 6.84. The molecule has 2 nitrogen and oxygen atoms in total. The molecule has 126 valence electrons. The Bertz CT molecular complexity index is 598. The summed E-state index contributed by atoms with van der Waals surface area (Å²) in [6, 6.07) is 22.0. The number of rotatable bonds is 5. The minimum Gasteiger partial charge on any atom is -0.353 e. The predicted molar refractivity (Wildman–Crippen MR) is 98.9 cm³/mol. The lowest BCUT2D eigenvalue weighted by molar-refractivity contribution is -0.121. The summed E-state index contributed by atoms with van der Waals surface area (Å²) in [6.45, 7) is 1.92. The molecular weight excluding hydrogens is 294 g/mol. The molecule has 2 heteroatoms. The molecule has 0 aliphatic heterocycles. The molecule has 0 spiro atoms. The Labute approximate surface area is 145 Å². The molecule has 2 aromatic carbocycles. The molecule has 1 aliphatic carbocycles. The molecule has 24 heavy (non-hydrogen) atoms. The van der Waals surface area contributed by atoms with E-state index in [-0.39, 0.29) is 5.91 Å². The van der Waals surface area contributed by atoms with E-state index in [1.54, 1.807) is 0 Å². The first kappa shape index (κ1) is 16.8. The van der Waals surface area contributed by atoms with Crippen LogP contribution in [0.15, 0.2) is 60.7 Å². The van der Waals surface area contributed by atoms with Gasteiger partial charge in [0.05, 0.1) is 0 Å². The molecule has 0 heterocycles. The molecule has 1 N–H and O–H groups in total. The molecule has 0 aromatic heterocycles. The van der Waals surface area contributed by atoms with E-state index in [0.29, 0.717) is 24.3 Å². The minimum absolute atomic E-state index is 0.177. The van der Waals surface area contributed by atoms with Crippen molar-refractivity contribution in [3.63, 3.8) is 0 Å². The maximum atomic E-state index is 11.8. The molecule has 0 radical (unpaired) electrons. The number of amides is 1. The van der Waals surface area contributed by atoms with Crippen LogP contribution in [0.25, 0.3) is 0 Å². The van der Waals surface area contributed by atoms with E-state index in [4.69, 9.17) is 0 Å². The predicted octanol–water partition coefficient (Wildman–Crippen LogP) is 4.90. The average molecular weight is 321 g/mol. The zero-order chi connectivity index (χ0) is 16.8. The van der Waals surface area contributed by atoms with Crippen molar-refractivity contribution in [2.24, 2.45) is 5.92 Å². The monoisotopic (exact) mass is 321 g/mol.